The number of hydrogen-bond acceptors (Lipinski definition) is 2. The van der Waals surface area contributed by atoms with Crippen molar-refractivity contribution < 1.29 is 0 Å². The van der Waals surface area contributed by atoms with E-state index in [1.54, 1.807) is 6.20 Å². The van der Waals surface area contributed by atoms with Crippen LogP contribution in [-0.4, -0.2) is 14.8 Å². The molecule has 2 aromatic heterocycles. The zero-order chi connectivity index (χ0) is 11.0. The van der Waals surface area contributed by atoms with Gasteiger partial charge in [0.05, 0.1) is 16.6 Å². The highest BCUT2D eigenvalue weighted by Gasteiger charge is 2.09. The molecule has 0 N–H and O–H groups in total. The van der Waals surface area contributed by atoms with E-state index in [2.05, 4.69) is 23.9 Å². The number of halogens is 1. The molecule has 0 spiro atoms. The molecule has 0 saturated carbocycles. The average molecular weight is 224 g/mol. The van der Waals surface area contributed by atoms with Gasteiger partial charge < -0.3 is 0 Å². The van der Waals surface area contributed by atoms with Gasteiger partial charge in [0.25, 0.3) is 0 Å². The van der Waals surface area contributed by atoms with Gasteiger partial charge in [0.2, 0.25) is 0 Å². The molecular formula is C11H14ClN3. The molecule has 0 atom stereocenters. The van der Waals surface area contributed by atoms with Gasteiger partial charge in [-0.1, -0.05) is 25.4 Å². The first-order chi connectivity index (χ1) is 7.08. The van der Waals surface area contributed by atoms with Crippen LogP contribution in [0.1, 0.15) is 19.5 Å². The summed E-state index contributed by atoms with van der Waals surface area (Å²) in [5.74, 6) is 0.550. The number of nitrogens with zero attached hydrogens (tertiary/aromatic N) is 3. The predicted octanol–water partition coefficient (Wildman–Crippen LogP) is 3.05. The Balaban J connectivity index is 2.58. The van der Waals surface area contributed by atoms with Crippen LogP contribution in [0.3, 0.4) is 0 Å². The van der Waals surface area contributed by atoms with Crippen LogP contribution in [-0.2, 0) is 6.54 Å². The summed E-state index contributed by atoms with van der Waals surface area (Å²) in [7, 11) is 0. The molecule has 0 radical (unpaired) electrons. The highest BCUT2D eigenvalue weighted by molar-refractivity contribution is 6.35. The predicted molar refractivity (Wildman–Crippen MR) is 62.1 cm³/mol. The van der Waals surface area contributed by atoms with Gasteiger partial charge in [-0.3, -0.25) is 0 Å². The van der Waals surface area contributed by atoms with E-state index in [0.717, 1.165) is 28.3 Å². The van der Waals surface area contributed by atoms with Crippen LogP contribution in [0, 0.1) is 12.8 Å². The van der Waals surface area contributed by atoms with Gasteiger partial charge in [0, 0.05) is 12.2 Å². The Kier molecular flexibility index (Phi) is 2.65. The van der Waals surface area contributed by atoms with Crippen molar-refractivity contribution in [3.63, 3.8) is 0 Å². The first-order valence-corrected chi connectivity index (χ1v) is 5.44. The van der Waals surface area contributed by atoms with Crippen molar-refractivity contribution >= 4 is 22.6 Å². The van der Waals surface area contributed by atoms with Gasteiger partial charge in [0.15, 0.2) is 5.65 Å². The van der Waals surface area contributed by atoms with Gasteiger partial charge in [-0.15, -0.1) is 0 Å². The van der Waals surface area contributed by atoms with Gasteiger partial charge >= 0.3 is 0 Å². The molecule has 2 heterocycles. The van der Waals surface area contributed by atoms with E-state index in [9.17, 15) is 0 Å². The first-order valence-electron chi connectivity index (χ1n) is 5.06. The molecular weight excluding hydrogens is 210 g/mol. The summed E-state index contributed by atoms with van der Waals surface area (Å²) in [4.78, 5) is 4.47. The minimum absolute atomic E-state index is 0.550. The Morgan fingerprint density at radius 2 is 2.20 bits per heavy atom. The minimum Gasteiger partial charge on any atom is -0.247 e. The molecule has 0 aliphatic heterocycles. The lowest BCUT2D eigenvalue weighted by atomic mass is 10.2. The summed E-state index contributed by atoms with van der Waals surface area (Å²) in [5, 5.41) is 5.97. The van der Waals surface area contributed by atoms with Gasteiger partial charge in [-0.05, 0) is 18.9 Å². The maximum absolute atomic E-state index is 6.12. The van der Waals surface area contributed by atoms with Gasteiger partial charge in [-0.2, -0.15) is 5.10 Å². The molecule has 80 valence electrons. The van der Waals surface area contributed by atoms with Crippen LogP contribution in [0.25, 0.3) is 11.0 Å². The van der Waals surface area contributed by atoms with E-state index < -0.39 is 0 Å². The lowest BCUT2D eigenvalue weighted by molar-refractivity contribution is 0.492. The number of aromatic nitrogens is 3. The molecule has 2 aromatic rings. The summed E-state index contributed by atoms with van der Waals surface area (Å²) in [6.07, 6.45) is 1.78. The lowest BCUT2D eigenvalue weighted by Crippen LogP contribution is -2.06. The molecule has 0 aromatic carbocycles. The first kappa shape index (κ1) is 10.4. The van der Waals surface area contributed by atoms with Gasteiger partial charge in [0.1, 0.15) is 0 Å². The number of aryl methyl sites for hydroxylation is 1. The molecule has 0 fully saturated rings. The standard InChI is InChI=1S/C11H14ClN3/c1-7(2)6-15-11-9(5-13-15)10(12)4-8(3)14-11/h4-5,7H,6H2,1-3H3. The van der Waals surface area contributed by atoms with Gasteiger partial charge in [-0.25, -0.2) is 9.67 Å². The van der Waals surface area contributed by atoms with E-state index in [-0.39, 0.29) is 0 Å². The fourth-order valence-electron chi connectivity index (χ4n) is 1.61. The van der Waals surface area contributed by atoms with Crippen molar-refractivity contribution in [2.24, 2.45) is 5.92 Å². The van der Waals surface area contributed by atoms with E-state index in [0.29, 0.717) is 5.92 Å². The highest BCUT2D eigenvalue weighted by Crippen LogP contribution is 2.22. The zero-order valence-electron chi connectivity index (χ0n) is 9.16. The minimum atomic E-state index is 0.550. The van der Waals surface area contributed by atoms with E-state index in [4.69, 9.17) is 11.6 Å². The summed E-state index contributed by atoms with van der Waals surface area (Å²) in [6, 6.07) is 1.87. The molecule has 0 saturated heterocycles. The Labute approximate surface area is 94.1 Å². The largest absolute Gasteiger partial charge is 0.247 e. The van der Waals surface area contributed by atoms with Crippen LogP contribution < -0.4 is 0 Å². The monoisotopic (exact) mass is 223 g/mol. The van der Waals surface area contributed by atoms with Crippen LogP contribution in [0.2, 0.25) is 5.02 Å². The Morgan fingerprint density at radius 3 is 2.87 bits per heavy atom. The molecule has 0 unspecified atom stereocenters. The quantitative estimate of drug-likeness (QED) is 0.784. The van der Waals surface area contributed by atoms with Crippen molar-refractivity contribution in [1.29, 1.82) is 0 Å². The third-order valence-electron chi connectivity index (χ3n) is 2.22. The molecule has 2 rings (SSSR count). The second-order valence-corrected chi connectivity index (χ2v) is 4.61. The van der Waals surface area contributed by atoms with E-state index in [1.807, 2.05) is 17.7 Å². The van der Waals surface area contributed by atoms with Crippen molar-refractivity contribution in [2.75, 3.05) is 0 Å². The van der Waals surface area contributed by atoms with Crippen molar-refractivity contribution in [1.82, 2.24) is 14.8 Å². The molecule has 0 aliphatic rings. The lowest BCUT2D eigenvalue weighted by Gasteiger charge is -2.06. The van der Waals surface area contributed by atoms with E-state index in [1.165, 1.54) is 0 Å². The molecule has 0 aliphatic carbocycles. The number of pyridine rings is 1. The Hall–Kier alpha value is -1.09. The maximum atomic E-state index is 6.12. The highest BCUT2D eigenvalue weighted by atomic mass is 35.5. The smallest absolute Gasteiger partial charge is 0.159 e. The topological polar surface area (TPSA) is 30.7 Å². The third-order valence-corrected chi connectivity index (χ3v) is 2.54. The van der Waals surface area contributed by atoms with Crippen molar-refractivity contribution in [3.8, 4) is 0 Å². The second-order valence-electron chi connectivity index (χ2n) is 4.20. The van der Waals surface area contributed by atoms with Crippen LogP contribution in [0.4, 0.5) is 0 Å². The zero-order valence-corrected chi connectivity index (χ0v) is 9.91. The van der Waals surface area contributed by atoms with Crippen molar-refractivity contribution in [2.45, 2.75) is 27.3 Å². The fraction of sp³-hybridized carbons (Fsp3) is 0.455. The average Bonchev–Trinajstić information content (AvgIpc) is 2.48. The second kappa shape index (κ2) is 3.81. The third kappa shape index (κ3) is 1.97. The van der Waals surface area contributed by atoms with E-state index >= 15 is 0 Å². The summed E-state index contributed by atoms with van der Waals surface area (Å²) < 4.78 is 1.92. The number of fused-ring (bicyclic) bond motifs is 1. The SMILES string of the molecule is Cc1cc(Cl)c2cnn(CC(C)C)c2n1. The van der Waals surface area contributed by atoms with Crippen LogP contribution in [0.5, 0.6) is 0 Å². The normalized spacial score (nSPS) is 11.5. The Bertz CT molecular complexity index is 488. The molecule has 4 heteroatoms. The summed E-state index contributed by atoms with van der Waals surface area (Å²) >= 11 is 6.12. The maximum Gasteiger partial charge on any atom is 0.159 e. The number of hydrogen-bond donors (Lipinski definition) is 0. The number of rotatable bonds is 2. The van der Waals surface area contributed by atoms with Crippen LogP contribution in [0.15, 0.2) is 12.3 Å². The summed E-state index contributed by atoms with van der Waals surface area (Å²) in [6.45, 7) is 7.13. The molecule has 3 nitrogen and oxygen atoms in total. The van der Waals surface area contributed by atoms with Crippen LogP contribution >= 0.6 is 11.6 Å². The van der Waals surface area contributed by atoms with Crippen molar-refractivity contribution in [3.05, 3.63) is 23.0 Å². The molecule has 0 bridgehead atoms. The molecule has 15 heavy (non-hydrogen) atoms. The molecule has 0 amide bonds. The fourth-order valence-corrected chi connectivity index (χ4v) is 1.90. The summed E-state index contributed by atoms with van der Waals surface area (Å²) in [5.41, 5.74) is 1.81. The Morgan fingerprint density at radius 1 is 1.47 bits per heavy atom.